The van der Waals surface area contributed by atoms with Crippen LogP contribution in [0.4, 0.5) is 11.4 Å². The molecule has 5 aromatic rings. The minimum atomic E-state index is 0.231. The van der Waals surface area contributed by atoms with E-state index in [1.54, 1.807) is 0 Å². The van der Waals surface area contributed by atoms with Gasteiger partial charge in [-0.25, -0.2) is 4.98 Å². The van der Waals surface area contributed by atoms with Crippen molar-refractivity contribution in [3.63, 3.8) is 0 Å². The summed E-state index contributed by atoms with van der Waals surface area (Å²) >= 11 is 0. The van der Waals surface area contributed by atoms with Crippen molar-refractivity contribution in [3.05, 3.63) is 103 Å². The first-order chi connectivity index (χ1) is 20.6. The predicted molar refractivity (Wildman–Crippen MR) is 164 cm³/mol. The molecule has 2 aliphatic heterocycles. The van der Waals surface area contributed by atoms with E-state index in [0.29, 0.717) is 11.0 Å². The Morgan fingerprint density at radius 1 is 0.690 bits per heavy atom. The second-order valence-electron chi connectivity index (χ2n) is 10.9. The van der Waals surface area contributed by atoms with Crippen molar-refractivity contribution < 1.29 is 18.9 Å². The molecule has 2 aliphatic rings. The Bertz CT molecular complexity index is 1660. The highest BCUT2D eigenvalue weighted by Gasteiger charge is 2.36. The van der Waals surface area contributed by atoms with Gasteiger partial charge < -0.3 is 23.5 Å². The third kappa shape index (κ3) is 4.65. The smallest absolute Gasteiger partial charge is 0.231 e. The van der Waals surface area contributed by atoms with Gasteiger partial charge in [0.15, 0.2) is 23.0 Å². The highest BCUT2D eigenvalue weighted by atomic mass is 16.7. The van der Waals surface area contributed by atoms with Gasteiger partial charge in [-0.1, -0.05) is 74.0 Å². The molecule has 0 aliphatic carbocycles. The van der Waals surface area contributed by atoms with Gasteiger partial charge in [-0.2, -0.15) is 0 Å². The van der Waals surface area contributed by atoms with Gasteiger partial charge in [-0.15, -0.1) is 0 Å². The van der Waals surface area contributed by atoms with E-state index in [1.807, 2.05) is 12.1 Å². The maximum absolute atomic E-state index is 5.83. The summed E-state index contributed by atoms with van der Waals surface area (Å²) in [6.45, 7) is 4.21. The van der Waals surface area contributed by atoms with E-state index < -0.39 is 0 Å². The average Bonchev–Trinajstić information content (AvgIpc) is 3.79. The number of benzene rings is 4. The topological polar surface area (TPSA) is 54.7 Å². The first-order valence-corrected chi connectivity index (χ1v) is 14.5. The molecule has 3 heterocycles. The number of imidazole rings is 1. The van der Waals surface area contributed by atoms with Crippen LogP contribution < -0.4 is 23.4 Å². The monoisotopic (exact) mass is 560 g/mol. The number of hydrogen-bond acceptors (Lipinski definition) is 5. The zero-order valence-electron chi connectivity index (χ0n) is 24.0. The van der Waals surface area contributed by atoms with Crippen LogP contribution in [-0.2, 0) is 13.1 Å². The Morgan fingerprint density at radius 3 is 1.81 bits per heavy atom. The summed E-state index contributed by atoms with van der Waals surface area (Å²) in [6, 6.07) is 33.5. The Morgan fingerprint density at radius 2 is 1.24 bits per heavy atom. The van der Waals surface area contributed by atoms with Crippen LogP contribution in [0.15, 0.2) is 97.1 Å². The molecule has 7 nitrogen and oxygen atoms in total. The quantitative estimate of drug-likeness (QED) is 0.171. The van der Waals surface area contributed by atoms with Crippen LogP contribution in [-0.4, -0.2) is 30.2 Å². The Kier molecular flexibility index (Phi) is 6.80. The van der Waals surface area contributed by atoms with Crippen molar-refractivity contribution in [3.8, 4) is 45.6 Å². The van der Waals surface area contributed by atoms with Crippen LogP contribution in [0.2, 0.25) is 0 Å². The number of unbranched alkanes of at least 4 members (excludes halogenated alkanes) is 1. The molecule has 0 atom stereocenters. The number of aromatic nitrogens is 2. The number of ether oxygens (including phenoxy) is 4. The lowest BCUT2D eigenvalue weighted by Gasteiger charge is -2.34. The summed E-state index contributed by atoms with van der Waals surface area (Å²) in [7, 11) is 2.24. The van der Waals surface area contributed by atoms with Crippen LogP contribution in [0.5, 0.6) is 23.0 Å². The average molecular weight is 561 g/mol. The third-order valence-corrected chi connectivity index (χ3v) is 8.21. The zero-order valence-corrected chi connectivity index (χ0v) is 24.0. The first-order valence-electron chi connectivity index (χ1n) is 14.5. The van der Waals surface area contributed by atoms with E-state index in [9.17, 15) is 0 Å². The minimum Gasteiger partial charge on any atom is -0.454 e. The van der Waals surface area contributed by atoms with Gasteiger partial charge in [-0.3, -0.25) is 4.48 Å². The van der Waals surface area contributed by atoms with Gasteiger partial charge in [0.1, 0.15) is 29.4 Å². The van der Waals surface area contributed by atoms with Crippen LogP contribution in [0.1, 0.15) is 25.5 Å². The van der Waals surface area contributed by atoms with E-state index in [2.05, 4.69) is 103 Å². The Balaban J connectivity index is 1.45. The normalized spacial score (nSPS) is 13.5. The molecule has 0 unspecified atom stereocenters. The van der Waals surface area contributed by atoms with E-state index in [4.69, 9.17) is 23.9 Å². The molecule has 0 spiro atoms. The maximum Gasteiger partial charge on any atom is 0.231 e. The fourth-order valence-electron chi connectivity index (χ4n) is 5.85. The van der Waals surface area contributed by atoms with Crippen LogP contribution >= 0.6 is 0 Å². The summed E-state index contributed by atoms with van der Waals surface area (Å²) in [5, 5.41) is 0. The summed E-state index contributed by atoms with van der Waals surface area (Å²) in [5.74, 6) is 4.03. The zero-order chi connectivity index (χ0) is 28.5. The highest BCUT2D eigenvalue weighted by molar-refractivity contribution is 5.71. The lowest BCUT2D eigenvalue weighted by molar-refractivity contribution is 0.173. The number of quaternary nitrogens is 1. The van der Waals surface area contributed by atoms with E-state index >= 15 is 0 Å². The van der Waals surface area contributed by atoms with Gasteiger partial charge >= 0.3 is 0 Å². The van der Waals surface area contributed by atoms with Crippen molar-refractivity contribution in [2.45, 2.75) is 32.9 Å². The number of hydrogen-bond donors (Lipinski definition) is 0. The molecule has 0 radical (unpaired) electrons. The highest BCUT2D eigenvalue weighted by Crippen LogP contribution is 2.46. The molecule has 0 N–H and O–H groups in total. The molecule has 0 saturated carbocycles. The molecule has 0 amide bonds. The van der Waals surface area contributed by atoms with Crippen molar-refractivity contribution >= 4 is 11.4 Å². The maximum atomic E-state index is 5.83. The number of nitrogens with zero attached hydrogens (tertiary/aromatic N) is 3. The molecule has 0 fully saturated rings. The summed E-state index contributed by atoms with van der Waals surface area (Å²) in [5.41, 5.74) is 6.52. The fraction of sp³-hybridized carbons (Fsp3) is 0.229. The summed E-state index contributed by atoms with van der Waals surface area (Å²) < 4.78 is 25.9. The molecule has 0 saturated heterocycles. The SMILES string of the molecule is CCCCn1c(-c2ccccc2)nc(-c2ccccc2)c1C[N+](C)(c1ccc2c(c1)OCO2)c1ccc2c(c1)OCO2. The van der Waals surface area contributed by atoms with Crippen LogP contribution in [0, 0.1) is 0 Å². The lowest BCUT2D eigenvalue weighted by atomic mass is 10.1. The standard InChI is InChI=1S/C35H34N3O4/c1-3-4-19-37-29(34(25-11-7-5-8-12-25)36-35(37)26-13-9-6-10-14-26)22-38(2,27-15-17-30-32(20-27)41-23-39-30)28-16-18-31-33(21-28)42-24-40-31/h5-18,20-21H,3-4,19,22-24H2,1-2H3/q+1. The molecule has 42 heavy (non-hydrogen) atoms. The Hall–Kier alpha value is -4.75. The van der Waals surface area contributed by atoms with E-state index in [0.717, 1.165) is 76.4 Å². The van der Waals surface area contributed by atoms with E-state index in [1.165, 1.54) is 5.69 Å². The van der Waals surface area contributed by atoms with Crippen molar-refractivity contribution in [1.29, 1.82) is 0 Å². The van der Waals surface area contributed by atoms with Gasteiger partial charge in [-0.05, 0) is 18.6 Å². The van der Waals surface area contributed by atoms with Crippen LogP contribution in [0.3, 0.4) is 0 Å². The number of rotatable bonds is 9. The predicted octanol–water partition coefficient (Wildman–Crippen LogP) is 7.94. The molecular formula is C35H34N3O4+. The molecule has 7 heteroatoms. The van der Waals surface area contributed by atoms with Gasteiger partial charge in [0.2, 0.25) is 13.6 Å². The van der Waals surface area contributed by atoms with Crippen molar-refractivity contribution in [2.24, 2.45) is 0 Å². The first kappa shape index (κ1) is 26.2. The lowest BCUT2D eigenvalue weighted by Crippen LogP contribution is -2.39. The molecular weight excluding hydrogens is 526 g/mol. The Labute approximate surface area is 246 Å². The second-order valence-corrected chi connectivity index (χ2v) is 10.9. The largest absolute Gasteiger partial charge is 0.454 e. The minimum absolute atomic E-state index is 0.231. The van der Waals surface area contributed by atoms with Crippen molar-refractivity contribution in [2.75, 3.05) is 20.6 Å². The molecule has 7 rings (SSSR count). The third-order valence-electron chi connectivity index (χ3n) is 8.21. The van der Waals surface area contributed by atoms with Gasteiger partial charge in [0.25, 0.3) is 0 Å². The van der Waals surface area contributed by atoms with Crippen LogP contribution in [0.25, 0.3) is 22.6 Å². The summed E-state index contributed by atoms with van der Waals surface area (Å²) in [6.07, 6.45) is 2.14. The fourth-order valence-corrected chi connectivity index (χ4v) is 5.85. The van der Waals surface area contributed by atoms with Gasteiger partial charge in [0.05, 0.1) is 12.7 Å². The van der Waals surface area contributed by atoms with E-state index in [-0.39, 0.29) is 13.6 Å². The number of fused-ring (bicyclic) bond motifs is 2. The second kappa shape index (κ2) is 10.9. The molecule has 212 valence electrons. The summed E-state index contributed by atoms with van der Waals surface area (Å²) in [4.78, 5) is 5.35. The van der Waals surface area contributed by atoms with Gasteiger partial charge in [0, 0.05) is 41.9 Å². The molecule has 1 aromatic heterocycles. The molecule has 4 aromatic carbocycles. The molecule has 0 bridgehead atoms. The van der Waals surface area contributed by atoms with Crippen molar-refractivity contribution in [1.82, 2.24) is 14.0 Å².